The zero-order valence-electron chi connectivity index (χ0n) is 14.3. The van der Waals surface area contributed by atoms with E-state index in [0.29, 0.717) is 35.9 Å². The summed E-state index contributed by atoms with van der Waals surface area (Å²) in [6, 6.07) is 10.1. The van der Waals surface area contributed by atoms with Gasteiger partial charge in [-0.15, -0.1) is 0 Å². The van der Waals surface area contributed by atoms with E-state index < -0.39 is 0 Å². The number of amides is 1. The predicted octanol–water partition coefficient (Wildman–Crippen LogP) is 3.55. The summed E-state index contributed by atoms with van der Waals surface area (Å²) in [7, 11) is 0. The van der Waals surface area contributed by atoms with Crippen LogP contribution in [0.15, 0.2) is 49.1 Å². The Hall–Kier alpha value is -2.79. The quantitative estimate of drug-likeness (QED) is 0.770. The number of hydrogen-bond acceptors (Lipinski definition) is 3. The van der Waals surface area contributed by atoms with Crippen LogP contribution in [-0.2, 0) is 6.42 Å². The Bertz CT molecular complexity index is 950. The SMILES string of the molecule is Cc1c(Cc2ccc(-n3ccnc3)cc2)cc2c(c1Cl)OCCNC2=O. The van der Waals surface area contributed by atoms with E-state index in [-0.39, 0.29) is 5.91 Å². The number of nitrogens with zero attached hydrogens (tertiary/aromatic N) is 2. The van der Waals surface area contributed by atoms with Crippen LogP contribution in [0.2, 0.25) is 5.02 Å². The van der Waals surface area contributed by atoms with Crippen molar-refractivity contribution >= 4 is 17.5 Å². The summed E-state index contributed by atoms with van der Waals surface area (Å²) in [6.07, 6.45) is 6.12. The molecule has 0 atom stereocenters. The highest BCUT2D eigenvalue weighted by atomic mass is 35.5. The molecular formula is C20H18ClN3O2. The van der Waals surface area contributed by atoms with Crippen molar-refractivity contribution in [3.8, 4) is 11.4 Å². The molecule has 2 heterocycles. The molecule has 2 aromatic carbocycles. The number of halogens is 1. The van der Waals surface area contributed by atoms with E-state index in [1.54, 1.807) is 12.5 Å². The van der Waals surface area contributed by atoms with Crippen molar-refractivity contribution in [2.45, 2.75) is 13.3 Å². The monoisotopic (exact) mass is 367 g/mol. The minimum atomic E-state index is -0.142. The van der Waals surface area contributed by atoms with Crippen molar-refractivity contribution in [2.75, 3.05) is 13.2 Å². The Morgan fingerprint density at radius 1 is 1.31 bits per heavy atom. The maximum absolute atomic E-state index is 12.3. The van der Waals surface area contributed by atoms with Gasteiger partial charge in [0.05, 0.1) is 23.5 Å². The zero-order chi connectivity index (χ0) is 18.1. The van der Waals surface area contributed by atoms with Gasteiger partial charge >= 0.3 is 0 Å². The zero-order valence-corrected chi connectivity index (χ0v) is 15.1. The fourth-order valence-corrected chi connectivity index (χ4v) is 3.38. The van der Waals surface area contributed by atoms with Crippen molar-refractivity contribution in [1.29, 1.82) is 0 Å². The van der Waals surface area contributed by atoms with Crippen LogP contribution >= 0.6 is 11.6 Å². The highest BCUT2D eigenvalue weighted by Gasteiger charge is 2.22. The lowest BCUT2D eigenvalue weighted by molar-refractivity contribution is 0.0957. The second-order valence-corrected chi connectivity index (χ2v) is 6.65. The van der Waals surface area contributed by atoms with E-state index in [9.17, 15) is 4.79 Å². The largest absolute Gasteiger partial charge is 0.489 e. The maximum Gasteiger partial charge on any atom is 0.255 e. The second kappa shape index (κ2) is 6.84. The van der Waals surface area contributed by atoms with Crippen molar-refractivity contribution in [1.82, 2.24) is 14.9 Å². The number of carbonyl (C=O) groups excluding carboxylic acids is 1. The van der Waals surface area contributed by atoms with Gasteiger partial charge < -0.3 is 14.6 Å². The Morgan fingerprint density at radius 2 is 2.12 bits per heavy atom. The van der Waals surface area contributed by atoms with Gasteiger partial charge in [0, 0.05) is 18.1 Å². The van der Waals surface area contributed by atoms with Crippen LogP contribution in [-0.4, -0.2) is 28.6 Å². The molecule has 1 aromatic heterocycles. The van der Waals surface area contributed by atoms with E-state index >= 15 is 0 Å². The lowest BCUT2D eigenvalue weighted by Crippen LogP contribution is -2.24. The molecular weight excluding hydrogens is 350 g/mol. The molecule has 0 unspecified atom stereocenters. The topological polar surface area (TPSA) is 56.1 Å². The van der Waals surface area contributed by atoms with Gasteiger partial charge in [-0.1, -0.05) is 23.7 Å². The summed E-state index contributed by atoms with van der Waals surface area (Å²) in [6.45, 7) is 2.87. The first-order chi connectivity index (χ1) is 12.6. The third-order valence-electron chi connectivity index (χ3n) is 4.59. The number of aromatic nitrogens is 2. The molecule has 6 heteroatoms. The summed E-state index contributed by atoms with van der Waals surface area (Å²) in [4.78, 5) is 16.4. The number of benzene rings is 2. The van der Waals surface area contributed by atoms with E-state index in [0.717, 1.165) is 22.4 Å². The van der Waals surface area contributed by atoms with Crippen LogP contribution in [0.25, 0.3) is 5.69 Å². The van der Waals surface area contributed by atoms with E-state index in [1.165, 1.54) is 0 Å². The second-order valence-electron chi connectivity index (χ2n) is 6.27. The number of fused-ring (bicyclic) bond motifs is 1. The van der Waals surface area contributed by atoms with Crippen LogP contribution in [0.5, 0.6) is 5.75 Å². The van der Waals surface area contributed by atoms with Crippen LogP contribution in [0.1, 0.15) is 27.0 Å². The van der Waals surface area contributed by atoms with Gasteiger partial charge in [-0.2, -0.15) is 0 Å². The molecule has 26 heavy (non-hydrogen) atoms. The fourth-order valence-electron chi connectivity index (χ4n) is 3.10. The van der Waals surface area contributed by atoms with Gasteiger partial charge in [0.25, 0.3) is 5.91 Å². The summed E-state index contributed by atoms with van der Waals surface area (Å²) >= 11 is 6.50. The molecule has 3 aromatic rings. The number of imidazole rings is 1. The molecule has 0 spiro atoms. The van der Waals surface area contributed by atoms with Crippen molar-refractivity contribution in [2.24, 2.45) is 0 Å². The van der Waals surface area contributed by atoms with E-state index in [1.807, 2.05) is 35.9 Å². The molecule has 0 saturated heterocycles. The molecule has 1 aliphatic rings. The van der Waals surface area contributed by atoms with Crippen molar-refractivity contribution < 1.29 is 9.53 Å². The first-order valence-electron chi connectivity index (χ1n) is 8.44. The van der Waals surface area contributed by atoms with Gasteiger partial charge in [0.2, 0.25) is 0 Å². The van der Waals surface area contributed by atoms with E-state index in [4.69, 9.17) is 16.3 Å². The standard InChI is InChI=1S/C20H18ClN3O2/c1-13-15(11-17-19(18(13)21)26-9-7-23-20(17)25)10-14-2-4-16(5-3-14)24-8-6-22-12-24/h2-6,8,11-12H,7,9-10H2,1H3,(H,23,25). The van der Waals surface area contributed by atoms with Gasteiger partial charge in [0.1, 0.15) is 6.61 Å². The van der Waals surface area contributed by atoms with Crippen LogP contribution in [0.3, 0.4) is 0 Å². The van der Waals surface area contributed by atoms with Gasteiger partial charge in [0.15, 0.2) is 5.75 Å². The molecule has 0 bridgehead atoms. The van der Waals surface area contributed by atoms with Gasteiger partial charge in [-0.3, -0.25) is 4.79 Å². The smallest absolute Gasteiger partial charge is 0.255 e. The van der Waals surface area contributed by atoms with Crippen LogP contribution in [0.4, 0.5) is 0 Å². The van der Waals surface area contributed by atoms with Gasteiger partial charge in [-0.05, 0) is 48.2 Å². The number of carbonyl (C=O) groups is 1. The van der Waals surface area contributed by atoms with E-state index in [2.05, 4.69) is 22.4 Å². The highest BCUT2D eigenvalue weighted by molar-refractivity contribution is 6.33. The Kier molecular flexibility index (Phi) is 4.39. The average Bonchev–Trinajstić information content (AvgIpc) is 3.12. The summed E-state index contributed by atoms with van der Waals surface area (Å²) in [5.74, 6) is 0.342. The molecule has 0 aliphatic carbocycles. The number of hydrogen-bond donors (Lipinski definition) is 1. The summed E-state index contributed by atoms with van der Waals surface area (Å²) in [5, 5.41) is 3.35. The molecule has 132 valence electrons. The Labute approximate surface area is 156 Å². The van der Waals surface area contributed by atoms with Crippen LogP contribution in [0, 0.1) is 6.92 Å². The molecule has 0 fully saturated rings. The highest BCUT2D eigenvalue weighted by Crippen LogP contribution is 2.36. The summed E-state index contributed by atoms with van der Waals surface area (Å²) in [5.41, 5.74) is 4.66. The minimum absolute atomic E-state index is 0.142. The maximum atomic E-state index is 12.3. The molecule has 5 nitrogen and oxygen atoms in total. The van der Waals surface area contributed by atoms with Crippen molar-refractivity contribution in [3.63, 3.8) is 0 Å². The molecule has 1 amide bonds. The molecule has 0 saturated carbocycles. The summed E-state index contributed by atoms with van der Waals surface area (Å²) < 4.78 is 7.62. The Morgan fingerprint density at radius 3 is 2.85 bits per heavy atom. The lowest BCUT2D eigenvalue weighted by Gasteiger charge is -2.15. The average molecular weight is 368 g/mol. The third kappa shape index (κ3) is 3.06. The first kappa shape index (κ1) is 16.7. The number of rotatable bonds is 3. The third-order valence-corrected chi connectivity index (χ3v) is 5.04. The van der Waals surface area contributed by atoms with Crippen molar-refractivity contribution in [3.05, 3.63) is 76.3 Å². The Balaban J connectivity index is 1.66. The molecule has 1 aliphatic heterocycles. The predicted molar refractivity (Wildman–Crippen MR) is 100 cm³/mol. The molecule has 0 radical (unpaired) electrons. The number of nitrogens with one attached hydrogen (secondary N) is 1. The minimum Gasteiger partial charge on any atom is -0.489 e. The fraction of sp³-hybridized carbons (Fsp3) is 0.200. The first-order valence-corrected chi connectivity index (χ1v) is 8.81. The number of ether oxygens (including phenoxy) is 1. The molecule has 1 N–H and O–H groups in total. The van der Waals surface area contributed by atoms with Crippen LogP contribution < -0.4 is 10.1 Å². The lowest BCUT2D eigenvalue weighted by atomic mass is 9.97. The normalized spacial score (nSPS) is 13.5. The molecule has 4 rings (SSSR count). The van der Waals surface area contributed by atoms with Gasteiger partial charge in [-0.25, -0.2) is 4.98 Å².